The van der Waals surface area contributed by atoms with Crippen molar-refractivity contribution >= 4 is 5.82 Å². The first-order chi connectivity index (χ1) is 9.28. The number of hydrogen-bond acceptors (Lipinski definition) is 3. The van der Waals surface area contributed by atoms with Crippen LogP contribution in [-0.4, -0.2) is 22.7 Å². The maximum Gasteiger partial charge on any atom is 0.129 e. The van der Waals surface area contributed by atoms with Crippen LogP contribution in [0, 0.1) is 0 Å². The second kappa shape index (κ2) is 6.90. The third-order valence-electron chi connectivity index (χ3n) is 4.11. The van der Waals surface area contributed by atoms with E-state index in [0.717, 1.165) is 30.0 Å². The number of aryl methyl sites for hydroxylation is 1. The molecular formula is C16H26N2O. The molecule has 0 radical (unpaired) electrons. The average Bonchev–Trinajstić information content (AvgIpc) is 2.71. The summed E-state index contributed by atoms with van der Waals surface area (Å²) in [5.74, 6) is 1.07. The Hall–Kier alpha value is -1.09. The highest BCUT2D eigenvalue weighted by Gasteiger charge is 2.21. The van der Waals surface area contributed by atoms with Gasteiger partial charge in [0.1, 0.15) is 5.82 Å². The van der Waals surface area contributed by atoms with Gasteiger partial charge >= 0.3 is 0 Å². The van der Waals surface area contributed by atoms with Crippen molar-refractivity contribution in [2.45, 2.75) is 65.0 Å². The lowest BCUT2D eigenvalue weighted by Crippen LogP contribution is -2.35. The largest absolute Gasteiger partial charge is 0.392 e. The monoisotopic (exact) mass is 262 g/mol. The van der Waals surface area contributed by atoms with Crippen LogP contribution in [0.15, 0.2) is 12.1 Å². The minimum absolute atomic E-state index is 0.104. The van der Waals surface area contributed by atoms with Gasteiger partial charge < -0.3 is 10.0 Å². The Labute approximate surface area is 116 Å². The fraction of sp³-hybridized carbons (Fsp3) is 0.688. The van der Waals surface area contributed by atoms with Crippen molar-refractivity contribution in [3.05, 3.63) is 23.4 Å². The first-order valence-electron chi connectivity index (χ1n) is 7.65. The molecule has 0 amide bonds. The molecule has 1 aliphatic rings. The summed E-state index contributed by atoms with van der Waals surface area (Å²) in [7, 11) is 0. The molecule has 2 heterocycles. The normalized spacial score (nSPS) is 20.4. The van der Waals surface area contributed by atoms with Gasteiger partial charge in [-0.3, -0.25) is 0 Å². The van der Waals surface area contributed by atoms with Crippen molar-refractivity contribution in [1.29, 1.82) is 0 Å². The maximum atomic E-state index is 9.41. The standard InChI is InChI=1S/C16H26N2O/c1-3-14-10-13(12-19)11-16(17-14)18-9-7-5-6-8-15(18)4-2/h10-11,15,19H,3-9,12H2,1-2H3. The highest BCUT2D eigenvalue weighted by Crippen LogP contribution is 2.25. The quantitative estimate of drug-likeness (QED) is 0.904. The Kier molecular flexibility index (Phi) is 5.20. The predicted molar refractivity (Wildman–Crippen MR) is 79.4 cm³/mol. The average molecular weight is 262 g/mol. The van der Waals surface area contributed by atoms with Crippen LogP contribution in [0.25, 0.3) is 0 Å². The zero-order chi connectivity index (χ0) is 13.7. The Balaban J connectivity index is 2.31. The van der Waals surface area contributed by atoms with Crippen molar-refractivity contribution < 1.29 is 5.11 Å². The second-order valence-electron chi connectivity index (χ2n) is 5.44. The molecule has 0 aromatic carbocycles. The molecule has 1 N–H and O–H groups in total. The lowest BCUT2D eigenvalue weighted by molar-refractivity contribution is 0.281. The molecule has 1 saturated heterocycles. The van der Waals surface area contributed by atoms with Gasteiger partial charge in [-0.1, -0.05) is 26.7 Å². The number of aliphatic hydroxyl groups excluding tert-OH is 1. The number of hydrogen-bond donors (Lipinski definition) is 1. The highest BCUT2D eigenvalue weighted by molar-refractivity contribution is 5.44. The lowest BCUT2D eigenvalue weighted by Gasteiger charge is -2.31. The van der Waals surface area contributed by atoms with E-state index in [4.69, 9.17) is 4.98 Å². The van der Waals surface area contributed by atoms with Crippen molar-refractivity contribution in [3.8, 4) is 0 Å². The van der Waals surface area contributed by atoms with Gasteiger partial charge in [0.25, 0.3) is 0 Å². The van der Waals surface area contributed by atoms with Crippen LogP contribution >= 0.6 is 0 Å². The predicted octanol–water partition coefficient (Wildman–Crippen LogP) is 3.30. The Morgan fingerprint density at radius 3 is 2.79 bits per heavy atom. The van der Waals surface area contributed by atoms with E-state index in [0.29, 0.717) is 6.04 Å². The van der Waals surface area contributed by atoms with Gasteiger partial charge in [-0.25, -0.2) is 4.98 Å². The van der Waals surface area contributed by atoms with Gasteiger partial charge in [0, 0.05) is 18.3 Å². The molecule has 1 unspecified atom stereocenters. The van der Waals surface area contributed by atoms with E-state index in [1.54, 1.807) is 0 Å². The molecule has 3 heteroatoms. The molecule has 0 bridgehead atoms. The van der Waals surface area contributed by atoms with Gasteiger partial charge in [-0.2, -0.15) is 0 Å². The topological polar surface area (TPSA) is 36.4 Å². The van der Waals surface area contributed by atoms with Crippen LogP contribution in [0.5, 0.6) is 0 Å². The molecular weight excluding hydrogens is 236 g/mol. The zero-order valence-electron chi connectivity index (χ0n) is 12.2. The number of aromatic nitrogens is 1. The maximum absolute atomic E-state index is 9.41. The second-order valence-corrected chi connectivity index (χ2v) is 5.44. The van der Waals surface area contributed by atoms with Crippen molar-refractivity contribution in [2.24, 2.45) is 0 Å². The molecule has 106 valence electrons. The van der Waals surface area contributed by atoms with Crippen LogP contribution in [0.3, 0.4) is 0 Å². The lowest BCUT2D eigenvalue weighted by atomic mass is 10.1. The molecule has 0 spiro atoms. The SMILES string of the molecule is CCc1cc(CO)cc(N2CCCCCC2CC)n1. The smallest absolute Gasteiger partial charge is 0.129 e. The molecule has 2 rings (SSSR count). The fourth-order valence-corrected chi connectivity index (χ4v) is 2.96. The summed E-state index contributed by atoms with van der Waals surface area (Å²) < 4.78 is 0. The Bertz CT molecular complexity index is 383. The number of anilines is 1. The summed E-state index contributed by atoms with van der Waals surface area (Å²) in [5, 5.41) is 9.41. The molecule has 1 aliphatic heterocycles. The van der Waals surface area contributed by atoms with Crippen molar-refractivity contribution in [2.75, 3.05) is 11.4 Å². The first-order valence-corrected chi connectivity index (χ1v) is 7.65. The van der Waals surface area contributed by atoms with Crippen LogP contribution in [0.1, 0.15) is 57.2 Å². The molecule has 1 atom stereocenters. The van der Waals surface area contributed by atoms with E-state index in [-0.39, 0.29) is 6.61 Å². The van der Waals surface area contributed by atoms with Crippen LogP contribution < -0.4 is 4.90 Å². The third-order valence-corrected chi connectivity index (χ3v) is 4.11. The molecule has 1 fully saturated rings. The molecule has 0 saturated carbocycles. The fourth-order valence-electron chi connectivity index (χ4n) is 2.96. The zero-order valence-corrected chi connectivity index (χ0v) is 12.2. The molecule has 19 heavy (non-hydrogen) atoms. The minimum atomic E-state index is 0.104. The van der Waals surface area contributed by atoms with Crippen LogP contribution in [0.4, 0.5) is 5.82 Å². The summed E-state index contributed by atoms with van der Waals surface area (Å²) >= 11 is 0. The Morgan fingerprint density at radius 1 is 1.26 bits per heavy atom. The van der Waals surface area contributed by atoms with Gasteiger partial charge in [-0.15, -0.1) is 0 Å². The Morgan fingerprint density at radius 2 is 2.11 bits per heavy atom. The summed E-state index contributed by atoms with van der Waals surface area (Å²) in [6.45, 7) is 5.59. The van der Waals surface area contributed by atoms with Crippen LogP contribution in [-0.2, 0) is 13.0 Å². The van der Waals surface area contributed by atoms with E-state index in [9.17, 15) is 5.11 Å². The van der Waals surface area contributed by atoms with E-state index in [1.165, 1.54) is 32.1 Å². The minimum Gasteiger partial charge on any atom is -0.392 e. The van der Waals surface area contributed by atoms with Gasteiger partial charge in [0.15, 0.2) is 0 Å². The van der Waals surface area contributed by atoms with Crippen molar-refractivity contribution in [3.63, 3.8) is 0 Å². The van der Waals surface area contributed by atoms with E-state index >= 15 is 0 Å². The van der Waals surface area contributed by atoms with E-state index < -0.39 is 0 Å². The highest BCUT2D eigenvalue weighted by atomic mass is 16.3. The van der Waals surface area contributed by atoms with Crippen LogP contribution in [0.2, 0.25) is 0 Å². The first kappa shape index (κ1) is 14.3. The summed E-state index contributed by atoms with van der Waals surface area (Å²) in [6, 6.07) is 4.68. The number of nitrogens with zero attached hydrogens (tertiary/aromatic N) is 2. The van der Waals surface area contributed by atoms with Gasteiger partial charge in [0.2, 0.25) is 0 Å². The number of aliphatic hydroxyl groups is 1. The molecule has 0 aliphatic carbocycles. The van der Waals surface area contributed by atoms with Gasteiger partial charge in [-0.05, 0) is 43.4 Å². The molecule has 1 aromatic heterocycles. The summed E-state index contributed by atoms with van der Waals surface area (Å²) in [4.78, 5) is 7.24. The summed E-state index contributed by atoms with van der Waals surface area (Å²) in [5.41, 5.74) is 2.07. The molecule has 1 aromatic rings. The number of rotatable bonds is 4. The molecule has 3 nitrogen and oxygen atoms in total. The van der Waals surface area contributed by atoms with Crippen molar-refractivity contribution in [1.82, 2.24) is 4.98 Å². The van der Waals surface area contributed by atoms with E-state index in [1.807, 2.05) is 6.07 Å². The van der Waals surface area contributed by atoms with Gasteiger partial charge in [0.05, 0.1) is 6.61 Å². The third kappa shape index (κ3) is 3.47. The van der Waals surface area contributed by atoms with E-state index in [2.05, 4.69) is 24.8 Å². The summed E-state index contributed by atoms with van der Waals surface area (Å²) in [6.07, 6.45) is 7.27. The number of pyridine rings is 1.